The lowest BCUT2D eigenvalue weighted by Crippen LogP contribution is -2.31. The fraction of sp³-hybridized carbons (Fsp3) is 0.214. The number of hydrogen-bond donors (Lipinski definition) is 0. The highest BCUT2D eigenvalue weighted by Gasteiger charge is 2.43. The highest BCUT2D eigenvalue weighted by atomic mass is 79.9. The van der Waals surface area contributed by atoms with Crippen LogP contribution in [0.4, 0.5) is 0 Å². The van der Waals surface area contributed by atoms with Crippen LogP contribution in [0.3, 0.4) is 0 Å². The van der Waals surface area contributed by atoms with Crippen molar-refractivity contribution < 1.29 is 4.79 Å². The molecule has 3 aromatic rings. The number of benzene rings is 3. The van der Waals surface area contributed by atoms with Crippen molar-refractivity contribution in [3.63, 3.8) is 0 Å². The number of hydrogen-bond acceptors (Lipinski definition) is 2. The molecule has 0 unspecified atom stereocenters. The summed E-state index contributed by atoms with van der Waals surface area (Å²) in [5, 5.41) is 6.73. The predicted octanol–water partition coefficient (Wildman–Crippen LogP) is 7.96. The molecule has 3 nitrogen and oxygen atoms in total. The average Bonchev–Trinajstić information content (AvgIpc) is 3.22. The summed E-state index contributed by atoms with van der Waals surface area (Å²) in [6, 6.07) is 24.3. The minimum Gasteiger partial charge on any atom is -0.267 e. The zero-order valence-corrected chi connectivity index (χ0v) is 21.5. The van der Waals surface area contributed by atoms with E-state index in [0.29, 0.717) is 5.56 Å². The first-order chi connectivity index (χ1) is 16.0. The van der Waals surface area contributed by atoms with Crippen LogP contribution in [0.25, 0.3) is 6.08 Å². The molecule has 0 aromatic heterocycles. The van der Waals surface area contributed by atoms with Gasteiger partial charge in [0.1, 0.15) is 0 Å². The summed E-state index contributed by atoms with van der Waals surface area (Å²) in [7, 11) is 0. The van der Waals surface area contributed by atoms with Crippen molar-refractivity contribution in [2.75, 3.05) is 0 Å². The van der Waals surface area contributed by atoms with Gasteiger partial charge >= 0.3 is 0 Å². The second-order valence-electron chi connectivity index (χ2n) is 8.72. The van der Waals surface area contributed by atoms with E-state index < -0.39 is 0 Å². The molecule has 2 aliphatic rings. The maximum atomic E-state index is 13.6. The second kappa shape index (κ2) is 9.40. The fourth-order valence-electron chi connectivity index (χ4n) is 4.75. The lowest BCUT2D eigenvalue weighted by atomic mass is 9.77. The van der Waals surface area contributed by atoms with Crippen LogP contribution in [0.5, 0.6) is 0 Å². The van der Waals surface area contributed by atoms with Crippen molar-refractivity contribution in [1.29, 1.82) is 0 Å². The molecule has 0 N–H and O–H groups in total. The van der Waals surface area contributed by atoms with E-state index >= 15 is 0 Å². The molecule has 1 saturated carbocycles. The van der Waals surface area contributed by atoms with Gasteiger partial charge in [-0.05, 0) is 85.4 Å². The van der Waals surface area contributed by atoms with Gasteiger partial charge in [-0.1, -0.05) is 73.8 Å². The van der Waals surface area contributed by atoms with E-state index in [-0.39, 0.29) is 17.9 Å². The molecule has 1 heterocycles. The molecule has 3 aromatic carbocycles. The summed E-state index contributed by atoms with van der Waals surface area (Å²) >= 11 is 7.05. The quantitative estimate of drug-likeness (QED) is 0.318. The zero-order chi connectivity index (χ0) is 22.9. The first kappa shape index (κ1) is 22.3. The van der Waals surface area contributed by atoms with Crippen molar-refractivity contribution in [3.8, 4) is 0 Å². The molecule has 0 spiro atoms. The molecule has 0 radical (unpaired) electrons. The first-order valence-electron chi connectivity index (χ1n) is 11.2. The third kappa shape index (κ3) is 4.62. The SMILES string of the molecule is Cc1ccc(C(=O)N2N=C3/C(=C/c4ccc(Br)cc4)CCC[C@H]3[C@H]2c2ccc(Br)cc2)cc1. The van der Waals surface area contributed by atoms with Crippen LogP contribution >= 0.6 is 31.9 Å². The van der Waals surface area contributed by atoms with Crippen molar-refractivity contribution in [2.45, 2.75) is 32.2 Å². The van der Waals surface area contributed by atoms with E-state index in [1.807, 2.05) is 43.3 Å². The highest BCUT2D eigenvalue weighted by molar-refractivity contribution is 9.10. The van der Waals surface area contributed by atoms with Crippen LogP contribution in [-0.2, 0) is 0 Å². The number of nitrogens with zero attached hydrogens (tertiary/aromatic N) is 2. The van der Waals surface area contributed by atoms with Gasteiger partial charge in [0.25, 0.3) is 5.91 Å². The minimum absolute atomic E-state index is 0.0483. The summed E-state index contributed by atoms with van der Waals surface area (Å²) in [4.78, 5) is 13.6. The molecule has 33 heavy (non-hydrogen) atoms. The third-order valence-corrected chi connectivity index (χ3v) is 7.49. The smallest absolute Gasteiger partial charge is 0.267 e. The molecule has 166 valence electrons. The zero-order valence-electron chi connectivity index (χ0n) is 18.3. The predicted molar refractivity (Wildman–Crippen MR) is 141 cm³/mol. The molecule has 1 amide bonds. The van der Waals surface area contributed by atoms with Crippen LogP contribution in [0.1, 0.15) is 52.4 Å². The van der Waals surface area contributed by atoms with Crippen molar-refractivity contribution >= 4 is 49.6 Å². The maximum absolute atomic E-state index is 13.6. The minimum atomic E-state index is -0.101. The summed E-state index contributed by atoms with van der Waals surface area (Å²) in [5.74, 6) is 0.142. The van der Waals surface area contributed by atoms with Gasteiger partial charge in [0, 0.05) is 20.4 Å². The van der Waals surface area contributed by atoms with Gasteiger partial charge in [-0.3, -0.25) is 4.79 Å². The van der Waals surface area contributed by atoms with E-state index in [9.17, 15) is 4.79 Å². The van der Waals surface area contributed by atoms with Crippen LogP contribution in [-0.4, -0.2) is 16.6 Å². The number of aryl methyl sites for hydroxylation is 1. The van der Waals surface area contributed by atoms with Gasteiger partial charge < -0.3 is 0 Å². The third-order valence-electron chi connectivity index (χ3n) is 6.43. The number of carbonyl (C=O) groups excluding carboxylic acids is 1. The van der Waals surface area contributed by atoms with Gasteiger partial charge in [-0.25, -0.2) is 5.01 Å². The highest BCUT2D eigenvalue weighted by Crippen LogP contribution is 2.45. The lowest BCUT2D eigenvalue weighted by Gasteiger charge is -2.29. The van der Waals surface area contributed by atoms with Crippen LogP contribution in [0, 0.1) is 12.8 Å². The number of allylic oxidation sites excluding steroid dienone is 1. The number of halogens is 2. The summed E-state index contributed by atoms with van der Waals surface area (Å²) in [5.41, 5.74) is 6.36. The topological polar surface area (TPSA) is 32.7 Å². The molecule has 0 saturated heterocycles. The van der Waals surface area contributed by atoms with Gasteiger partial charge in [0.05, 0.1) is 11.8 Å². The summed E-state index contributed by atoms with van der Waals surface area (Å²) < 4.78 is 2.09. The molecule has 0 bridgehead atoms. The van der Waals surface area contributed by atoms with Crippen molar-refractivity contribution in [3.05, 3.63) is 110 Å². The van der Waals surface area contributed by atoms with E-state index in [0.717, 1.165) is 50.6 Å². The number of hydrazone groups is 1. The number of fused-ring (bicyclic) bond motifs is 1. The van der Waals surface area contributed by atoms with Crippen LogP contribution in [0.15, 0.2) is 92.4 Å². The Morgan fingerprint density at radius 2 is 1.58 bits per heavy atom. The Kier molecular flexibility index (Phi) is 6.35. The first-order valence-corrected chi connectivity index (χ1v) is 12.8. The van der Waals surface area contributed by atoms with Gasteiger partial charge in [-0.15, -0.1) is 0 Å². The number of carbonyl (C=O) groups is 1. The largest absolute Gasteiger partial charge is 0.274 e. The Labute approximate surface area is 211 Å². The molecule has 1 aliphatic heterocycles. The Hall–Kier alpha value is -2.50. The van der Waals surface area contributed by atoms with Gasteiger partial charge in [0.2, 0.25) is 0 Å². The average molecular weight is 564 g/mol. The Morgan fingerprint density at radius 3 is 2.24 bits per heavy atom. The van der Waals surface area contributed by atoms with E-state index in [2.05, 4.69) is 74.3 Å². The maximum Gasteiger partial charge on any atom is 0.274 e. The molecule has 1 fully saturated rings. The number of rotatable bonds is 3. The Bertz CT molecular complexity index is 1230. The van der Waals surface area contributed by atoms with Crippen LogP contribution in [0.2, 0.25) is 0 Å². The second-order valence-corrected chi connectivity index (χ2v) is 10.5. The van der Waals surface area contributed by atoms with Crippen molar-refractivity contribution in [2.24, 2.45) is 11.0 Å². The monoisotopic (exact) mass is 562 g/mol. The van der Waals surface area contributed by atoms with E-state index in [1.165, 1.54) is 5.57 Å². The van der Waals surface area contributed by atoms with Gasteiger partial charge in [-0.2, -0.15) is 5.10 Å². The molecular weight excluding hydrogens is 540 g/mol. The Balaban J connectivity index is 1.57. The van der Waals surface area contributed by atoms with E-state index in [4.69, 9.17) is 5.10 Å². The normalized spacial score (nSPS) is 21.1. The van der Waals surface area contributed by atoms with Crippen LogP contribution < -0.4 is 0 Å². The fourth-order valence-corrected chi connectivity index (χ4v) is 5.28. The summed E-state index contributed by atoms with van der Waals surface area (Å²) in [6.45, 7) is 2.03. The molecular formula is C28H24Br2N2O. The molecule has 5 heteroatoms. The molecule has 1 aliphatic carbocycles. The van der Waals surface area contributed by atoms with Crippen molar-refractivity contribution in [1.82, 2.24) is 5.01 Å². The molecule has 2 atom stereocenters. The van der Waals surface area contributed by atoms with Gasteiger partial charge in [0.15, 0.2) is 0 Å². The molecule has 5 rings (SSSR count). The standard InChI is InChI=1S/C28H24Br2N2O/c1-18-5-9-21(10-6-18)28(33)32-27(20-11-15-24(30)16-12-20)25-4-2-3-22(26(25)31-32)17-19-7-13-23(29)14-8-19/h5-17,25,27H,2-4H2,1H3/b22-17+/t25-,27-/m1/s1. The number of amides is 1. The lowest BCUT2D eigenvalue weighted by molar-refractivity contribution is 0.0681. The summed E-state index contributed by atoms with van der Waals surface area (Å²) in [6.07, 6.45) is 5.32. The van der Waals surface area contributed by atoms with E-state index in [1.54, 1.807) is 5.01 Å². The Morgan fingerprint density at radius 1 is 0.939 bits per heavy atom.